The summed E-state index contributed by atoms with van der Waals surface area (Å²) in [5, 5.41) is 12.8. The Balaban J connectivity index is 1.69. The summed E-state index contributed by atoms with van der Waals surface area (Å²) in [4.78, 5) is 26.7. The number of hydrogen-bond donors (Lipinski definition) is 3. The van der Waals surface area contributed by atoms with Gasteiger partial charge >= 0.3 is 5.97 Å². The summed E-state index contributed by atoms with van der Waals surface area (Å²) in [6.07, 6.45) is 4.65. The number of fused-ring (bicyclic) bond motifs is 1. The number of para-hydroxylation sites is 1. The van der Waals surface area contributed by atoms with E-state index in [0.717, 1.165) is 16.5 Å². The van der Waals surface area contributed by atoms with E-state index >= 15 is 0 Å². The predicted octanol–water partition coefficient (Wildman–Crippen LogP) is 3.13. The molecule has 3 aromatic rings. The van der Waals surface area contributed by atoms with Crippen LogP contribution in [0.25, 0.3) is 17.0 Å². The molecular weight excluding hydrogens is 335 g/mol. The van der Waals surface area contributed by atoms with Crippen LogP contribution >= 0.6 is 0 Å². The van der Waals surface area contributed by atoms with Crippen molar-refractivity contribution in [3.63, 3.8) is 0 Å². The van der Waals surface area contributed by atoms with Gasteiger partial charge in [-0.2, -0.15) is 0 Å². The van der Waals surface area contributed by atoms with Crippen LogP contribution in [0.15, 0.2) is 60.8 Å². The third-order valence-electron chi connectivity index (χ3n) is 4.01. The molecule has 1 aromatic heterocycles. The maximum atomic E-state index is 12.9. The molecule has 0 unspecified atom stereocenters. The molecule has 0 aliphatic heterocycles. The van der Waals surface area contributed by atoms with Gasteiger partial charge < -0.3 is 15.4 Å². The van der Waals surface area contributed by atoms with E-state index in [1.165, 1.54) is 36.4 Å². The molecule has 0 saturated carbocycles. The highest BCUT2D eigenvalue weighted by Gasteiger charge is 2.21. The Hall–Kier alpha value is -3.41. The number of rotatable bonds is 6. The molecule has 0 fully saturated rings. The molecule has 6 heteroatoms. The monoisotopic (exact) mass is 352 g/mol. The zero-order valence-electron chi connectivity index (χ0n) is 13.8. The first-order valence-electron chi connectivity index (χ1n) is 8.05. The molecule has 3 N–H and O–H groups in total. The van der Waals surface area contributed by atoms with Crippen LogP contribution in [-0.4, -0.2) is 28.0 Å². The lowest BCUT2D eigenvalue weighted by atomic mass is 10.0. The number of aliphatic carboxylic acids is 1. The van der Waals surface area contributed by atoms with E-state index < -0.39 is 17.9 Å². The van der Waals surface area contributed by atoms with Gasteiger partial charge in [0.15, 0.2) is 0 Å². The number of carboxylic acids is 1. The number of halogens is 1. The Morgan fingerprint density at radius 1 is 1.15 bits per heavy atom. The van der Waals surface area contributed by atoms with E-state index in [0.29, 0.717) is 5.56 Å². The molecule has 3 rings (SSSR count). The summed E-state index contributed by atoms with van der Waals surface area (Å²) in [5.74, 6) is -2.00. The van der Waals surface area contributed by atoms with Crippen molar-refractivity contribution in [1.82, 2.24) is 10.3 Å². The molecule has 2 aromatic carbocycles. The second-order valence-electron chi connectivity index (χ2n) is 5.85. The predicted molar refractivity (Wildman–Crippen MR) is 97.0 cm³/mol. The molecule has 26 heavy (non-hydrogen) atoms. The molecule has 0 saturated heterocycles. The van der Waals surface area contributed by atoms with E-state index in [-0.39, 0.29) is 12.2 Å². The highest BCUT2D eigenvalue weighted by Crippen LogP contribution is 2.19. The van der Waals surface area contributed by atoms with Crippen molar-refractivity contribution in [3.05, 3.63) is 77.7 Å². The van der Waals surface area contributed by atoms with Gasteiger partial charge in [-0.25, -0.2) is 9.18 Å². The van der Waals surface area contributed by atoms with Crippen molar-refractivity contribution in [1.29, 1.82) is 0 Å². The average molecular weight is 352 g/mol. The van der Waals surface area contributed by atoms with Crippen LogP contribution in [0.3, 0.4) is 0 Å². The van der Waals surface area contributed by atoms with E-state index in [1.807, 2.05) is 24.3 Å². The molecule has 0 aliphatic carbocycles. The SMILES string of the molecule is O=C(/C=C/c1ccc(F)cc1)N[C@@H](Cc1c[nH]c2ccccc12)C(=O)O. The summed E-state index contributed by atoms with van der Waals surface area (Å²) < 4.78 is 12.9. The van der Waals surface area contributed by atoms with Gasteiger partial charge in [-0.1, -0.05) is 30.3 Å². The van der Waals surface area contributed by atoms with E-state index in [9.17, 15) is 19.1 Å². The largest absolute Gasteiger partial charge is 0.480 e. The summed E-state index contributed by atoms with van der Waals surface area (Å²) in [6, 6.07) is 12.1. The van der Waals surface area contributed by atoms with Crippen molar-refractivity contribution in [2.75, 3.05) is 0 Å². The van der Waals surface area contributed by atoms with Crippen molar-refractivity contribution >= 4 is 28.9 Å². The van der Waals surface area contributed by atoms with Crippen LogP contribution < -0.4 is 5.32 Å². The lowest BCUT2D eigenvalue weighted by molar-refractivity contribution is -0.141. The molecule has 0 aliphatic rings. The van der Waals surface area contributed by atoms with Crippen LogP contribution in [0.5, 0.6) is 0 Å². The van der Waals surface area contributed by atoms with E-state index in [1.54, 1.807) is 6.20 Å². The van der Waals surface area contributed by atoms with Gasteiger partial charge in [0.05, 0.1) is 0 Å². The van der Waals surface area contributed by atoms with Crippen LogP contribution in [0, 0.1) is 5.82 Å². The number of carbonyl (C=O) groups excluding carboxylic acids is 1. The third-order valence-corrected chi connectivity index (χ3v) is 4.01. The first-order valence-corrected chi connectivity index (χ1v) is 8.05. The van der Waals surface area contributed by atoms with Gasteiger partial charge in [-0.05, 0) is 35.4 Å². The third kappa shape index (κ3) is 4.16. The lowest BCUT2D eigenvalue weighted by Crippen LogP contribution is -2.41. The minimum atomic E-state index is -1.11. The van der Waals surface area contributed by atoms with Crippen molar-refractivity contribution in [3.8, 4) is 0 Å². The van der Waals surface area contributed by atoms with Crippen LogP contribution in [-0.2, 0) is 16.0 Å². The number of H-pyrrole nitrogens is 1. The molecule has 1 amide bonds. The maximum Gasteiger partial charge on any atom is 0.326 e. The first-order chi connectivity index (χ1) is 12.5. The van der Waals surface area contributed by atoms with Gasteiger partial charge in [-0.3, -0.25) is 4.79 Å². The molecule has 0 radical (unpaired) electrons. The summed E-state index contributed by atoms with van der Waals surface area (Å²) >= 11 is 0. The minimum absolute atomic E-state index is 0.162. The standard InChI is InChI=1S/C20H17FN2O3/c21-15-8-5-13(6-9-15)7-10-19(24)23-18(20(25)26)11-14-12-22-17-4-2-1-3-16(14)17/h1-10,12,18,22H,11H2,(H,23,24)(H,25,26)/b10-7+/t18-/m0/s1. The highest BCUT2D eigenvalue weighted by molar-refractivity contribution is 5.94. The fraction of sp³-hybridized carbons (Fsp3) is 0.100. The molecule has 0 spiro atoms. The number of benzene rings is 2. The molecule has 0 bridgehead atoms. The van der Waals surface area contributed by atoms with Crippen LogP contribution in [0.4, 0.5) is 4.39 Å². The zero-order chi connectivity index (χ0) is 18.5. The fourth-order valence-electron chi connectivity index (χ4n) is 2.69. The first kappa shape index (κ1) is 17.4. The normalized spacial score (nSPS) is 12.3. The Bertz CT molecular complexity index is 961. The number of nitrogens with one attached hydrogen (secondary N) is 2. The Morgan fingerprint density at radius 3 is 2.62 bits per heavy atom. The van der Waals surface area contributed by atoms with Gasteiger partial charge in [0.2, 0.25) is 5.91 Å². The number of carbonyl (C=O) groups is 2. The maximum absolute atomic E-state index is 12.9. The van der Waals surface area contributed by atoms with Gasteiger partial charge in [0, 0.05) is 29.6 Å². The van der Waals surface area contributed by atoms with Crippen molar-refractivity contribution in [2.45, 2.75) is 12.5 Å². The average Bonchev–Trinajstić information content (AvgIpc) is 3.04. The zero-order valence-corrected chi connectivity index (χ0v) is 13.8. The van der Waals surface area contributed by atoms with Crippen LogP contribution in [0.1, 0.15) is 11.1 Å². The van der Waals surface area contributed by atoms with Gasteiger partial charge in [0.25, 0.3) is 0 Å². The van der Waals surface area contributed by atoms with Crippen molar-refractivity contribution < 1.29 is 19.1 Å². The van der Waals surface area contributed by atoms with Crippen LogP contribution in [0.2, 0.25) is 0 Å². The number of hydrogen-bond acceptors (Lipinski definition) is 2. The molecular formula is C20H17FN2O3. The number of aromatic nitrogens is 1. The van der Waals surface area contributed by atoms with E-state index in [2.05, 4.69) is 10.3 Å². The number of amides is 1. The lowest BCUT2D eigenvalue weighted by Gasteiger charge is -2.12. The minimum Gasteiger partial charge on any atom is -0.480 e. The van der Waals surface area contributed by atoms with Gasteiger partial charge in [0.1, 0.15) is 11.9 Å². The Labute approximate surface area is 149 Å². The quantitative estimate of drug-likeness (QED) is 0.596. The highest BCUT2D eigenvalue weighted by atomic mass is 19.1. The molecule has 132 valence electrons. The van der Waals surface area contributed by atoms with Crippen molar-refractivity contribution in [2.24, 2.45) is 0 Å². The smallest absolute Gasteiger partial charge is 0.326 e. The summed E-state index contributed by atoms with van der Waals surface area (Å²) in [5.41, 5.74) is 2.37. The topological polar surface area (TPSA) is 82.2 Å². The Kier molecular flexibility index (Phi) is 5.12. The molecule has 1 atom stereocenters. The summed E-state index contributed by atoms with van der Waals surface area (Å²) in [7, 11) is 0. The molecule has 5 nitrogen and oxygen atoms in total. The van der Waals surface area contributed by atoms with E-state index in [4.69, 9.17) is 0 Å². The number of aromatic amines is 1. The second-order valence-corrected chi connectivity index (χ2v) is 5.85. The summed E-state index contributed by atoms with van der Waals surface area (Å²) in [6.45, 7) is 0. The fourth-order valence-corrected chi connectivity index (χ4v) is 2.69. The number of carboxylic acid groups (broad SMARTS) is 1. The van der Waals surface area contributed by atoms with Gasteiger partial charge in [-0.15, -0.1) is 0 Å². The second kappa shape index (κ2) is 7.65. The Morgan fingerprint density at radius 2 is 1.88 bits per heavy atom. The molecule has 1 heterocycles.